The lowest BCUT2D eigenvalue weighted by atomic mass is 10.1. The van der Waals surface area contributed by atoms with Crippen molar-refractivity contribution >= 4 is 16.9 Å². The average molecular weight is 349 g/mol. The summed E-state index contributed by atoms with van der Waals surface area (Å²) in [6.07, 6.45) is 0.863. The predicted octanol–water partition coefficient (Wildman–Crippen LogP) is 3.61. The van der Waals surface area contributed by atoms with Crippen molar-refractivity contribution in [1.29, 1.82) is 0 Å². The van der Waals surface area contributed by atoms with Crippen LogP contribution in [0.25, 0.3) is 22.3 Å². The van der Waals surface area contributed by atoms with E-state index in [0.717, 1.165) is 17.5 Å². The van der Waals surface area contributed by atoms with Crippen molar-refractivity contribution in [1.82, 2.24) is 14.9 Å². The Morgan fingerprint density at radius 1 is 1.12 bits per heavy atom. The number of benzene rings is 2. The molecule has 1 aromatic heterocycles. The second-order valence-electron chi connectivity index (χ2n) is 6.61. The fourth-order valence-electron chi connectivity index (χ4n) is 2.95. The Balaban J connectivity index is 2.06. The molecule has 5 heteroatoms. The van der Waals surface area contributed by atoms with Crippen LogP contribution < -0.4 is 10.9 Å². The number of aromatic nitrogens is 2. The minimum atomic E-state index is -0.124. The SMILES string of the molecule is CCCn1c(=O)c(-c2ccc(C(=O)NC(C)C)cc2)nc2ccccc21. The number of para-hydroxylation sites is 2. The number of fused-ring (bicyclic) bond motifs is 1. The summed E-state index contributed by atoms with van der Waals surface area (Å²) in [5, 5.41) is 2.86. The summed E-state index contributed by atoms with van der Waals surface area (Å²) in [5.41, 5.74) is 3.22. The van der Waals surface area contributed by atoms with Crippen LogP contribution >= 0.6 is 0 Å². The molecule has 0 aliphatic carbocycles. The van der Waals surface area contributed by atoms with Crippen molar-refractivity contribution < 1.29 is 4.79 Å². The van der Waals surface area contributed by atoms with Gasteiger partial charge in [0.05, 0.1) is 11.0 Å². The van der Waals surface area contributed by atoms with Gasteiger partial charge in [-0.05, 0) is 44.5 Å². The largest absolute Gasteiger partial charge is 0.350 e. The lowest BCUT2D eigenvalue weighted by Gasteiger charge is -2.12. The van der Waals surface area contributed by atoms with Crippen LogP contribution in [0.4, 0.5) is 0 Å². The first-order valence-electron chi connectivity index (χ1n) is 8.92. The molecule has 0 aliphatic heterocycles. The highest BCUT2D eigenvalue weighted by Crippen LogP contribution is 2.18. The van der Waals surface area contributed by atoms with E-state index in [4.69, 9.17) is 0 Å². The van der Waals surface area contributed by atoms with Crippen LogP contribution in [-0.4, -0.2) is 21.5 Å². The molecule has 3 aromatic rings. The molecule has 0 bridgehead atoms. The second-order valence-corrected chi connectivity index (χ2v) is 6.61. The Morgan fingerprint density at radius 2 is 1.81 bits per heavy atom. The van der Waals surface area contributed by atoms with Gasteiger partial charge in [0.1, 0.15) is 5.69 Å². The molecule has 3 rings (SSSR count). The average Bonchev–Trinajstić information content (AvgIpc) is 2.63. The van der Waals surface area contributed by atoms with E-state index in [1.165, 1.54) is 0 Å². The summed E-state index contributed by atoms with van der Waals surface area (Å²) in [6, 6.07) is 14.8. The number of rotatable bonds is 5. The molecule has 0 radical (unpaired) electrons. The summed E-state index contributed by atoms with van der Waals surface area (Å²) in [6.45, 7) is 6.52. The first kappa shape index (κ1) is 17.9. The maximum Gasteiger partial charge on any atom is 0.277 e. The van der Waals surface area contributed by atoms with Crippen molar-refractivity contribution in [2.45, 2.75) is 39.8 Å². The minimum absolute atomic E-state index is 0.0746. The number of aryl methyl sites for hydroxylation is 1. The fraction of sp³-hybridized carbons (Fsp3) is 0.286. The zero-order chi connectivity index (χ0) is 18.7. The van der Waals surface area contributed by atoms with Gasteiger partial charge in [-0.25, -0.2) is 4.98 Å². The summed E-state index contributed by atoms with van der Waals surface area (Å²) in [5.74, 6) is -0.124. The van der Waals surface area contributed by atoms with Gasteiger partial charge in [-0.1, -0.05) is 31.2 Å². The zero-order valence-electron chi connectivity index (χ0n) is 15.3. The van der Waals surface area contributed by atoms with E-state index in [1.54, 1.807) is 28.8 Å². The second kappa shape index (κ2) is 7.52. The summed E-state index contributed by atoms with van der Waals surface area (Å²) in [4.78, 5) is 29.6. The third-order valence-electron chi connectivity index (χ3n) is 4.14. The van der Waals surface area contributed by atoms with Gasteiger partial charge in [-0.15, -0.1) is 0 Å². The quantitative estimate of drug-likeness (QED) is 0.765. The maximum absolute atomic E-state index is 13.0. The Labute approximate surface area is 152 Å². The van der Waals surface area contributed by atoms with Gasteiger partial charge in [0.15, 0.2) is 0 Å². The van der Waals surface area contributed by atoms with E-state index in [9.17, 15) is 9.59 Å². The smallest absolute Gasteiger partial charge is 0.277 e. The predicted molar refractivity (Wildman–Crippen MR) is 104 cm³/mol. The fourth-order valence-corrected chi connectivity index (χ4v) is 2.95. The van der Waals surface area contributed by atoms with Crippen molar-refractivity contribution in [2.24, 2.45) is 0 Å². The Morgan fingerprint density at radius 3 is 2.46 bits per heavy atom. The molecule has 0 spiro atoms. The summed E-state index contributed by atoms with van der Waals surface area (Å²) >= 11 is 0. The molecule has 2 aromatic carbocycles. The van der Waals surface area contributed by atoms with Crippen LogP contribution in [-0.2, 0) is 6.54 Å². The van der Waals surface area contributed by atoms with Crippen LogP contribution in [0.2, 0.25) is 0 Å². The molecule has 0 unspecified atom stereocenters. The van der Waals surface area contributed by atoms with E-state index in [0.29, 0.717) is 23.4 Å². The van der Waals surface area contributed by atoms with E-state index in [2.05, 4.69) is 10.3 Å². The molecule has 0 fully saturated rings. The van der Waals surface area contributed by atoms with Gasteiger partial charge < -0.3 is 9.88 Å². The molecule has 0 aliphatic rings. The number of nitrogens with one attached hydrogen (secondary N) is 1. The number of amides is 1. The highest BCUT2D eigenvalue weighted by atomic mass is 16.1. The molecular formula is C21H23N3O2. The number of carbonyl (C=O) groups excluding carboxylic acids is 1. The van der Waals surface area contributed by atoms with Crippen molar-refractivity contribution in [3.63, 3.8) is 0 Å². The van der Waals surface area contributed by atoms with Crippen LogP contribution in [0.3, 0.4) is 0 Å². The van der Waals surface area contributed by atoms with E-state index in [-0.39, 0.29) is 17.5 Å². The van der Waals surface area contributed by atoms with Gasteiger partial charge in [0.25, 0.3) is 11.5 Å². The van der Waals surface area contributed by atoms with Crippen molar-refractivity contribution in [2.75, 3.05) is 0 Å². The Hall–Kier alpha value is -2.95. The van der Waals surface area contributed by atoms with Gasteiger partial charge in [-0.3, -0.25) is 9.59 Å². The topological polar surface area (TPSA) is 64.0 Å². The monoisotopic (exact) mass is 349 g/mol. The Kier molecular flexibility index (Phi) is 5.16. The molecule has 1 N–H and O–H groups in total. The van der Waals surface area contributed by atoms with Crippen molar-refractivity contribution in [3.05, 3.63) is 64.4 Å². The summed E-state index contributed by atoms with van der Waals surface area (Å²) in [7, 11) is 0. The number of nitrogens with zero attached hydrogens (tertiary/aromatic N) is 2. The van der Waals surface area contributed by atoms with Gasteiger partial charge >= 0.3 is 0 Å². The third-order valence-corrected chi connectivity index (χ3v) is 4.14. The molecule has 1 heterocycles. The lowest BCUT2D eigenvalue weighted by Crippen LogP contribution is -2.30. The van der Waals surface area contributed by atoms with E-state index < -0.39 is 0 Å². The third kappa shape index (κ3) is 3.52. The lowest BCUT2D eigenvalue weighted by molar-refractivity contribution is 0.0943. The molecular weight excluding hydrogens is 326 g/mol. The van der Waals surface area contributed by atoms with Gasteiger partial charge in [0.2, 0.25) is 0 Å². The molecule has 5 nitrogen and oxygen atoms in total. The van der Waals surface area contributed by atoms with E-state index in [1.807, 2.05) is 45.0 Å². The normalized spacial score (nSPS) is 11.1. The molecule has 0 atom stereocenters. The number of hydrogen-bond acceptors (Lipinski definition) is 3. The van der Waals surface area contributed by atoms with Gasteiger partial charge in [0, 0.05) is 23.7 Å². The van der Waals surface area contributed by atoms with Gasteiger partial charge in [-0.2, -0.15) is 0 Å². The minimum Gasteiger partial charge on any atom is -0.350 e. The van der Waals surface area contributed by atoms with Crippen molar-refractivity contribution in [3.8, 4) is 11.3 Å². The Bertz CT molecular complexity index is 988. The first-order chi connectivity index (χ1) is 12.5. The maximum atomic E-state index is 13.0. The molecule has 134 valence electrons. The molecule has 26 heavy (non-hydrogen) atoms. The number of carbonyl (C=O) groups is 1. The van der Waals surface area contributed by atoms with Crippen LogP contribution in [0, 0.1) is 0 Å². The molecule has 1 amide bonds. The molecule has 0 saturated carbocycles. The van der Waals surface area contributed by atoms with Crippen LogP contribution in [0.1, 0.15) is 37.6 Å². The molecule has 0 saturated heterocycles. The highest BCUT2D eigenvalue weighted by molar-refractivity contribution is 5.94. The van der Waals surface area contributed by atoms with Crippen LogP contribution in [0.15, 0.2) is 53.3 Å². The van der Waals surface area contributed by atoms with Crippen LogP contribution in [0.5, 0.6) is 0 Å². The number of hydrogen-bond donors (Lipinski definition) is 1. The highest BCUT2D eigenvalue weighted by Gasteiger charge is 2.13. The van der Waals surface area contributed by atoms with E-state index >= 15 is 0 Å². The first-order valence-corrected chi connectivity index (χ1v) is 8.92. The standard InChI is InChI=1S/C21H23N3O2/c1-4-13-24-18-8-6-5-7-17(18)23-19(21(24)26)15-9-11-16(12-10-15)20(25)22-14(2)3/h5-12,14H,4,13H2,1-3H3,(H,22,25). The zero-order valence-corrected chi connectivity index (χ0v) is 15.3. The summed E-state index contributed by atoms with van der Waals surface area (Å²) < 4.78 is 1.77.